The van der Waals surface area contributed by atoms with E-state index in [2.05, 4.69) is 34.3 Å². The fourth-order valence-corrected chi connectivity index (χ4v) is 3.75. The Hall–Kier alpha value is -2.52. The van der Waals surface area contributed by atoms with Gasteiger partial charge in [-0.25, -0.2) is 0 Å². The summed E-state index contributed by atoms with van der Waals surface area (Å²) < 4.78 is 17.9. The average Bonchev–Trinajstić information content (AvgIpc) is 2.90. The molecule has 0 atom stereocenters. The molecule has 0 saturated carbocycles. The van der Waals surface area contributed by atoms with Crippen LogP contribution in [0.4, 0.5) is 0 Å². The van der Waals surface area contributed by atoms with Gasteiger partial charge in [0.1, 0.15) is 0 Å². The monoisotopic (exact) mass is 560 g/mol. The molecule has 0 aliphatic rings. The number of allylic oxidation sites excluding steroid dienone is 2. The van der Waals surface area contributed by atoms with Gasteiger partial charge in [0.15, 0.2) is 0 Å². The first-order valence-electron chi connectivity index (χ1n) is 14.3. The van der Waals surface area contributed by atoms with Crippen molar-refractivity contribution < 1.29 is 28.3 Å². The third kappa shape index (κ3) is 14.7. The van der Waals surface area contributed by atoms with Crippen molar-refractivity contribution in [3.8, 4) is 0 Å². The summed E-state index contributed by atoms with van der Waals surface area (Å²) in [6, 6.07) is 7.50. The van der Waals surface area contributed by atoms with Crippen molar-refractivity contribution in [1.29, 1.82) is 0 Å². The van der Waals surface area contributed by atoms with Crippen molar-refractivity contribution in [3.63, 3.8) is 0 Å². The van der Waals surface area contributed by atoms with E-state index in [1.54, 1.807) is 11.0 Å². The standard InChI is InChI=1S/C32H54N3O5/c1-10-27(2)28-13-15-29(16-14-28)30(36)34(17-20-35(7,8)9)19-24-40-26-25-39-22-12-11-21-38-23-18-33(6)31(37)32(3,4)5/h10,13-16H,1-2,11-12,17-26H2,3-9H3/q+1. The second-order valence-corrected chi connectivity index (χ2v) is 12.1. The van der Waals surface area contributed by atoms with Crippen molar-refractivity contribution in [3.05, 3.63) is 54.6 Å². The van der Waals surface area contributed by atoms with Crippen LogP contribution in [-0.4, -0.2) is 120 Å². The van der Waals surface area contributed by atoms with Crippen LogP contribution in [-0.2, 0) is 19.0 Å². The Balaban J connectivity index is 2.26. The topological polar surface area (TPSA) is 68.3 Å². The van der Waals surface area contributed by atoms with Crippen LogP contribution in [0.5, 0.6) is 0 Å². The maximum atomic E-state index is 13.2. The Bertz CT molecular complexity index is 916. The molecule has 40 heavy (non-hydrogen) atoms. The first-order chi connectivity index (χ1) is 18.8. The number of hydrogen-bond donors (Lipinski definition) is 0. The van der Waals surface area contributed by atoms with Crippen molar-refractivity contribution >= 4 is 17.4 Å². The molecular weight excluding hydrogens is 506 g/mol. The zero-order valence-corrected chi connectivity index (χ0v) is 26.2. The van der Waals surface area contributed by atoms with E-state index in [0.29, 0.717) is 64.8 Å². The minimum Gasteiger partial charge on any atom is -0.380 e. The molecule has 0 radical (unpaired) electrons. The summed E-state index contributed by atoms with van der Waals surface area (Å²) in [5.74, 6) is 0.120. The highest BCUT2D eigenvalue weighted by Crippen LogP contribution is 2.16. The van der Waals surface area contributed by atoms with Crippen LogP contribution in [0.3, 0.4) is 0 Å². The number of unbranched alkanes of at least 4 members (excludes halogenated alkanes) is 1. The van der Waals surface area contributed by atoms with Gasteiger partial charge in [0.25, 0.3) is 5.91 Å². The second-order valence-electron chi connectivity index (χ2n) is 12.1. The fourth-order valence-electron chi connectivity index (χ4n) is 3.75. The number of hydrogen-bond acceptors (Lipinski definition) is 5. The van der Waals surface area contributed by atoms with Crippen molar-refractivity contribution in [1.82, 2.24) is 9.80 Å². The van der Waals surface area contributed by atoms with Crippen molar-refractivity contribution in [2.24, 2.45) is 5.41 Å². The molecule has 8 nitrogen and oxygen atoms in total. The largest absolute Gasteiger partial charge is 0.380 e. The van der Waals surface area contributed by atoms with Crippen LogP contribution in [0.25, 0.3) is 5.57 Å². The minimum absolute atomic E-state index is 0.00118. The number of quaternary nitrogens is 1. The van der Waals surface area contributed by atoms with Gasteiger partial charge in [-0.15, -0.1) is 0 Å². The lowest BCUT2D eigenvalue weighted by molar-refractivity contribution is -0.869. The lowest BCUT2D eigenvalue weighted by atomic mass is 9.95. The number of carbonyl (C=O) groups is 2. The maximum absolute atomic E-state index is 13.2. The van der Waals surface area contributed by atoms with Crippen LogP contribution in [0.1, 0.15) is 49.5 Å². The molecular formula is C32H54N3O5+. The molecule has 0 unspecified atom stereocenters. The molecule has 1 aromatic rings. The predicted octanol–water partition coefficient (Wildman–Crippen LogP) is 4.37. The molecule has 0 fully saturated rings. The van der Waals surface area contributed by atoms with Gasteiger partial charge in [-0.1, -0.05) is 52.1 Å². The molecule has 0 N–H and O–H groups in total. The average molecular weight is 561 g/mol. The van der Waals surface area contributed by atoms with Crippen LogP contribution >= 0.6 is 0 Å². The van der Waals surface area contributed by atoms with E-state index >= 15 is 0 Å². The van der Waals surface area contributed by atoms with E-state index in [-0.39, 0.29) is 17.2 Å². The molecule has 0 spiro atoms. The SMILES string of the molecule is C=CC(=C)c1ccc(C(=O)N(CCOCCOCCCCOCCN(C)C(=O)C(C)(C)C)CC[N+](C)(C)C)cc1. The van der Waals surface area contributed by atoms with Gasteiger partial charge in [0.2, 0.25) is 5.91 Å². The molecule has 1 rings (SSSR count). The maximum Gasteiger partial charge on any atom is 0.254 e. The molecule has 8 heteroatoms. The smallest absolute Gasteiger partial charge is 0.254 e. The van der Waals surface area contributed by atoms with Crippen molar-refractivity contribution in [2.45, 2.75) is 33.6 Å². The van der Waals surface area contributed by atoms with Crippen LogP contribution in [0.15, 0.2) is 43.5 Å². The van der Waals surface area contributed by atoms with E-state index in [9.17, 15) is 9.59 Å². The lowest BCUT2D eigenvalue weighted by Gasteiger charge is -2.29. The molecule has 0 heterocycles. The van der Waals surface area contributed by atoms with Gasteiger partial charge < -0.3 is 28.5 Å². The van der Waals surface area contributed by atoms with E-state index in [1.165, 1.54) is 0 Å². The molecule has 2 amide bonds. The lowest BCUT2D eigenvalue weighted by Crippen LogP contribution is -2.45. The quantitative estimate of drug-likeness (QED) is 0.135. The summed E-state index contributed by atoms with van der Waals surface area (Å²) in [5.41, 5.74) is 2.07. The van der Waals surface area contributed by atoms with Gasteiger partial charge >= 0.3 is 0 Å². The number of nitrogens with zero attached hydrogens (tertiary/aromatic N) is 3. The van der Waals surface area contributed by atoms with Gasteiger partial charge in [0.05, 0.1) is 60.7 Å². The van der Waals surface area contributed by atoms with Gasteiger partial charge in [-0.05, 0) is 36.1 Å². The van der Waals surface area contributed by atoms with Crippen LogP contribution in [0.2, 0.25) is 0 Å². The highest BCUT2D eigenvalue weighted by molar-refractivity contribution is 5.94. The Labute approximate surface area is 243 Å². The van der Waals surface area contributed by atoms with Gasteiger partial charge in [0, 0.05) is 44.3 Å². The first-order valence-corrected chi connectivity index (χ1v) is 14.3. The summed E-state index contributed by atoms with van der Waals surface area (Å²) in [7, 11) is 8.17. The Morgan fingerprint density at radius 3 is 1.85 bits per heavy atom. The number of ether oxygens (including phenoxy) is 3. The summed E-state index contributed by atoms with van der Waals surface area (Å²) in [5, 5.41) is 0. The Kier molecular flexibility index (Phi) is 16.0. The van der Waals surface area contributed by atoms with Crippen LogP contribution < -0.4 is 0 Å². The zero-order valence-electron chi connectivity index (χ0n) is 26.2. The molecule has 0 aliphatic carbocycles. The normalized spacial score (nSPS) is 11.8. The summed E-state index contributed by atoms with van der Waals surface area (Å²) >= 11 is 0. The molecule has 226 valence electrons. The number of likely N-dealkylation sites (N-methyl/N-ethyl adjacent to an activating group) is 2. The number of amides is 2. The fraction of sp³-hybridized carbons (Fsp3) is 0.625. The Morgan fingerprint density at radius 2 is 1.32 bits per heavy atom. The number of carbonyl (C=O) groups excluding carboxylic acids is 2. The second kappa shape index (κ2) is 18.0. The predicted molar refractivity (Wildman–Crippen MR) is 163 cm³/mol. The third-order valence-corrected chi connectivity index (χ3v) is 6.34. The molecule has 0 aliphatic heterocycles. The zero-order chi connectivity index (χ0) is 30.2. The van der Waals surface area contributed by atoms with E-state index in [4.69, 9.17) is 14.2 Å². The highest BCUT2D eigenvalue weighted by Gasteiger charge is 2.24. The first kappa shape index (κ1) is 35.5. The van der Waals surface area contributed by atoms with E-state index in [0.717, 1.165) is 35.0 Å². The number of benzene rings is 1. The molecule has 0 aromatic heterocycles. The highest BCUT2D eigenvalue weighted by atomic mass is 16.5. The molecule has 0 bridgehead atoms. The summed E-state index contributed by atoms with van der Waals surface area (Å²) in [6.07, 6.45) is 3.52. The summed E-state index contributed by atoms with van der Waals surface area (Å²) in [4.78, 5) is 28.9. The third-order valence-electron chi connectivity index (χ3n) is 6.34. The van der Waals surface area contributed by atoms with E-state index in [1.807, 2.05) is 57.0 Å². The minimum atomic E-state index is -0.368. The summed E-state index contributed by atoms with van der Waals surface area (Å²) in [6.45, 7) is 19.4. The molecule has 1 aromatic carbocycles. The van der Waals surface area contributed by atoms with Crippen LogP contribution in [0, 0.1) is 5.41 Å². The van der Waals surface area contributed by atoms with Crippen molar-refractivity contribution in [2.75, 3.05) is 94.0 Å². The van der Waals surface area contributed by atoms with Gasteiger partial charge in [-0.2, -0.15) is 0 Å². The van der Waals surface area contributed by atoms with E-state index < -0.39 is 0 Å². The Morgan fingerprint density at radius 1 is 0.825 bits per heavy atom. The van der Waals surface area contributed by atoms with Gasteiger partial charge in [-0.3, -0.25) is 9.59 Å². The molecule has 0 saturated heterocycles. The number of rotatable bonds is 20.